The Morgan fingerprint density at radius 3 is 2.88 bits per heavy atom. The lowest BCUT2D eigenvalue weighted by Gasteiger charge is -2.25. The van der Waals surface area contributed by atoms with Crippen molar-refractivity contribution in [1.82, 2.24) is 30.2 Å². The second kappa shape index (κ2) is 6.42. The van der Waals surface area contributed by atoms with Crippen LogP contribution < -0.4 is 10.6 Å². The van der Waals surface area contributed by atoms with Crippen molar-refractivity contribution in [2.24, 2.45) is 0 Å². The van der Waals surface area contributed by atoms with Crippen molar-refractivity contribution in [2.75, 3.05) is 11.9 Å². The summed E-state index contributed by atoms with van der Waals surface area (Å²) in [5.41, 5.74) is 0.681. The second-order valence-electron chi connectivity index (χ2n) is 5.98. The highest BCUT2D eigenvalue weighted by Gasteiger charge is 2.27. The maximum atomic E-state index is 13.3. The topological polar surface area (TPSA) is 108 Å². The zero-order valence-corrected chi connectivity index (χ0v) is 14.1. The molecule has 3 aromatic heterocycles. The monoisotopic (exact) mass is 343 g/mol. The Labute approximate surface area is 143 Å². The van der Waals surface area contributed by atoms with E-state index in [0.29, 0.717) is 34.8 Å². The summed E-state index contributed by atoms with van der Waals surface area (Å²) in [5.74, 6) is 0.697. The average Bonchev–Trinajstić information content (AvgIpc) is 2.98. The molecule has 0 saturated heterocycles. The van der Waals surface area contributed by atoms with E-state index in [0.717, 1.165) is 0 Å². The van der Waals surface area contributed by atoms with E-state index in [4.69, 9.17) is 0 Å². The fourth-order valence-electron chi connectivity index (χ4n) is 2.38. The van der Waals surface area contributed by atoms with E-state index in [9.17, 15) is 9.18 Å². The quantitative estimate of drug-likeness (QED) is 0.611. The molecule has 3 heterocycles. The number of nitrogens with one attached hydrogen (secondary N) is 3. The van der Waals surface area contributed by atoms with Gasteiger partial charge in [0, 0.05) is 18.9 Å². The standard InChI is InChI=1S/C16H18FN7O/c1-4-18-14(25)16(2,3)24-11-5-6-19-13(22-11)9-7-20-10-8-21-15(17)23-12(9)10/h5-8,20H,4H2,1-3H3,(H,18,25)(H,19,22,24). The van der Waals surface area contributed by atoms with Crippen molar-refractivity contribution in [3.8, 4) is 11.4 Å². The van der Waals surface area contributed by atoms with Crippen LogP contribution in [-0.2, 0) is 4.79 Å². The molecule has 0 spiro atoms. The Bertz CT molecular complexity index is 922. The van der Waals surface area contributed by atoms with E-state index in [1.165, 1.54) is 6.20 Å². The molecule has 3 aromatic rings. The van der Waals surface area contributed by atoms with Gasteiger partial charge in [-0.15, -0.1) is 0 Å². The van der Waals surface area contributed by atoms with Gasteiger partial charge in [-0.1, -0.05) is 0 Å². The highest BCUT2D eigenvalue weighted by molar-refractivity contribution is 5.90. The number of anilines is 1. The number of aromatic nitrogens is 5. The maximum Gasteiger partial charge on any atom is 0.309 e. The van der Waals surface area contributed by atoms with E-state index in [2.05, 4.69) is 35.6 Å². The number of hydrogen-bond donors (Lipinski definition) is 3. The van der Waals surface area contributed by atoms with E-state index in [-0.39, 0.29) is 5.91 Å². The summed E-state index contributed by atoms with van der Waals surface area (Å²) in [7, 11) is 0. The number of aromatic amines is 1. The van der Waals surface area contributed by atoms with Gasteiger partial charge in [-0.3, -0.25) is 4.79 Å². The third-order valence-corrected chi connectivity index (χ3v) is 3.63. The predicted octanol–water partition coefficient (Wildman–Crippen LogP) is 1.88. The summed E-state index contributed by atoms with van der Waals surface area (Å²) in [6.07, 6.45) is 3.75. The number of H-pyrrole nitrogens is 1. The minimum atomic E-state index is -0.851. The van der Waals surface area contributed by atoms with Gasteiger partial charge in [-0.05, 0) is 26.8 Å². The third kappa shape index (κ3) is 3.39. The van der Waals surface area contributed by atoms with Gasteiger partial charge in [0.05, 0.1) is 17.3 Å². The van der Waals surface area contributed by atoms with Crippen molar-refractivity contribution in [1.29, 1.82) is 0 Å². The van der Waals surface area contributed by atoms with Crippen LogP contribution in [0, 0.1) is 6.08 Å². The molecule has 8 nitrogen and oxygen atoms in total. The summed E-state index contributed by atoms with van der Waals surface area (Å²) in [6.45, 7) is 5.91. The third-order valence-electron chi connectivity index (χ3n) is 3.63. The number of rotatable bonds is 5. The zero-order chi connectivity index (χ0) is 18.0. The molecule has 0 aliphatic rings. The molecule has 1 amide bonds. The number of hydrogen-bond acceptors (Lipinski definition) is 6. The largest absolute Gasteiger partial charge is 0.358 e. The van der Waals surface area contributed by atoms with Crippen molar-refractivity contribution >= 4 is 22.8 Å². The predicted molar refractivity (Wildman–Crippen MR) is 91.3 cm³/mol. The van der Waals surface area contributed by atoms with Crippen LogP contribution in [0.15, 0.2) is 24.7 Å². The van der Waals surface area contributed by atoms with Crippen LogP contribution in [0.2, 0.25) is 0 Å². The maximum absolute atomic E-state index is 13.3. The molecule has 25 heavy (non-hydrogen) atoms. The fourth-order valence-corrected chi connectivity index (χ4v) is 2.38. The van der Waals surface area contributed by atoms with E-state index < -0.39 is 11.6 Å². The van der Waals surface area contributed by atoms with Crippen LogP contribution in [-0.4, -0.2) is 42.9 Å². The van der Waals surface area contributed by atoms with Crippen LogP contribution in [0.3, 0.4) is 0 Å². The van der Waals surface area contributed by atoms with Gasteiger partial charge in [0.1, 0.15) is 16.9 Å². The van der Waals surface area contributed by atoms with E-state index in [1.54, 1.807) is 32.3 Å². The normalized spacial score (nSPS) is 11.5. The molecule has 0 fully saturated rings. The van der Waals surface area contributed by atoms with Gasteiger partial charge in [-0.2, -0.15) is 9.37 Å². The molecule has 0 radical (unpaired) electrons. The first-order valence-corrected chi connectivity index (χ1v) is 7.80. The molecule has 3 N–H and O–H groups in total. The lowest BCUT2D eigenvalue weighted by atomic mass is 10.0. The zero-order valence-electron chi connectivity index (χ0n) is 14.1. The van der Waals surface area contributed by atoms with Gasteiger partial charge in [0.25, 0.3) is 0 Å². The first-order chi connectivity index (χ1) is 11.9. The number of carbonyl (C=O) groups excluding carboxylic acids is 1. The first kappa shape index (κ1) is 16.7. The second-order valence-corrected chi connectivity index (χ2v) is 5.98. The Kier molecular flexibility index (Phi) is 4.30. The number of nitrogens with zero attached hydrogens (tertiary/aromatic N) is 4. The van der Waals surface area contributed by atoms with Crippen molar-refractivity contribution < 1.29 is 9.18 Å². The minimum absolute atomic E-state index is 0.142. The lowest BCUT2D eigenvalue weighted by molar-refractivity contribution is -0.124. The van der Waals surface area contributed by atoms with Gasteiger partial charge in [0.15, 0.2) is 5.82 Å². The summed E-state index contributed by atoms with van der Waals surface area (Å²) in [5, 5.41) is 5.85. The minimum Gasteiger partial charge on any atom is -0.358 e. The Morgan fingerprint density at radius 2 is 2.12 bits per heavy atom. The van der Waals surface area contributed by atoms with Crippen LogP contribution in [0.1, 0.15) is 20.8 Å². The van der Waals surface area contributed by atoms with E-state index >= 15 is 0 Å². The molecule has 0 unspecified atom stereocenters. The molecular weight excluding hydrogens is 325 g/mol. The Balaban J connectivity index is 1.93. The highest BCUT2D eigenvalue weighted by Crippen LogP contribution is 2.25. The van der Waals surface area contributed by atoms with Crippen molar-refractivity contribution in [3.63, 3.8) is 0 Å². The molecule has 0 aliphatic carbocycles. The average molecular weight is 343 g/mol. The summed E-state index contributed by atoms with van der Waals surface area (Å²) in [4.78, 5) is 31.0. The van der Waals surface area contributed by atoms with Crippen LogP contribution in [0.5, 0.6) is 0 Å². The van der Waals surface area contributed by atoms with Gasteiger partial charge < -0.3 is 15.6 Å². The molecule has 0 atom stereocenters. The summed E-state index contributed by atoms with van der Waals surface area (Å²) in [6, 6.07) is 1.66. The molecule has 3 rings (SSSR count). The Morgan fingerprint density at radius 1 is 1.32 bits per heavy atom. The number of carbonyl (C=O) groups is 1. The number of halogens is 1. The number of fused-ring (bicyclic) bond motifs is 1. The van der Waals surface area contributed by atoms with Crippen LogP contribution in [0.4, 0.5) is 10.2 Å². The molecule has 9 heteroatoms. The highest BCUT2D eigenvalue weighted by atomic mass is 19.1. The van der Waals surface area contributed by atoms with Gasteiger partial charge in [-0.25, -0.2) is 15.0 Å². The molecule has 130 valence electrons. The molecule has 0 aromatic carbocycles. The smallest absolute Gasteiger partial charge is 0.309 e. The lowest BCUT2D eigenvalue weighted by Crippen LogP contribution is -2.48. The SMILES string of the molecule is CCNC(=O)C(C)(C)Nc1ccnc(-c2c[nH]c3cnc(F)nc23)n1. The van der Waals surface area contributed by atoms with E-state index in [1.807, 2.05) is 6.92 Å². The molecular formula is C16H18FN7O. The summed E-state index contributed by atoms with van der Waals surface area (Å²) < 4.78 is 13.3. The molecule has 0 aliphatic heterocycles. The summed E-state index contributed by atoms with van der Waals surface area (Å²) >= 11 is 0. The van der Waals surface area contributed by atoms with Gasteiger partial charge in [0.2, 0.25) is 5.91 Å². The molecule has 0 saturated carbocycles. The van der Waals surface area contributed by atoms with Crippen molar-refractivity contribution in [3.05, 3.63) is 30.7 Å². The number of likely N-dealkylation sites (N-methyl/N-ethyl adjacent to an activating group) is 1. The van der Waals surface area contributed by atoms with Crippen LogP contribution in [0.25, 0.3) is 22.4 Å². The van der Waals surface area contributed by atoms with Crippen molar-refractivity contribution in [2.45, 2.75) is 26.3 Å². The molecule has 0 bridgehead atoms. The first-order valence-electron chi connectivity index (χ1n) is 7.80. The van der Waals surface area contributed by atoms with Crippen LogP contribution >= 0.6 is 0 Å². The number of amides is 1. The fraction of sp³-hybridized carbons (Fsp3) is 0.312. The Hall–Kier alpha value is -3.10. The van der Waals surface area contributed by atoms with Gasteiger partial charge >= 0.3 is 6.08 Å².